The van der Waals surface area contributed by atoms with Gasteiger partial charge in [-0.1, -0.05) is 0 Å². The molecule has 0 saturated carbocycles. The van der Waals surface area contributed by atoms with E-state index in [1.54, 1.807) is 17.7 Å². The summed E-state index contributed by atoms with van der Waals surface area (Å²) in [6, 6.07) is 1.79. The molecule has 2 aliphatic heterocycles. The first-order valence-electron chi connectivity index (χ1n) is 8.31. The van der Waals surface area contributed by atoms with E-state index < -0.39 is 0 Å². The van der Waals surface area contributed by atoms with Gasteiger partial charge in [0.25, 0.3) is 0 Å². The highest BCUT2D eigenvalue weighted by atomic mass is 32.1. The van der Waals surface area contributed by atoms with Crippen molar-refractivity contribution in [2.75, 3.05) is 44.2 Å². The zero-order valence-corrected chi connectivity index (χ0v) is 14.5. The molecule has 1 N–H and O–H groups in total. The van der Waals surface area contributed by atoms with Crippen LogP contribution in [0.1, 0.15) is 6.92 Å². The second-order valence-electron chi connectivity index (χ2n) is 6.15. The third-order valence-electron chi connectivity index (χ3n) is 4.70. The van der Waals surface area contributed by atoms with E-state index in [1.165, 1.54) is 0 Å². The lowest BCUT2D eigenvalue weighted by atomic mass is 10.1. The number of amides is 1. The summed E-state index contributed by atoms with van der Waals surface area (Å²) in [5.41, 5.74) is 0.987. The van der Waals surface area contributed by atoms with E-state index in [9.17, 15) is 4.79 Å². The van der Waals surface area contributed by atoms with Gasteiger partial charge in [-0.05, 0) is 18.4 Å². The van der Waals surface area contributed by atoms with E-state index in [2.05, 4.69) is 20.2 Å². The Labute approximate surface area is 144 Å². The van der Waals surface area contributed by atoms with Crippen molar-refractivity contribution in [3.63, 3.8) is 0 Å². The molecule has 7 nitrogen and oxygen atoms in total. The van der Waals surface area contributed by atoms with E-state index in [4.69, 9.17) is 4.74 Å². The number of hydrogen-bond donors (Lipinski definition) is 1. The number of fused-ring (bicyclic) bond motifs is 1. The predicted molar refractivity (Wildman–Crippen MR) is 93.4 cm³/mol. The molecule has 0 aliphatic carbocycles. The number of rotatable bonds is 2. The summed E-state index contributed by atoms with van der Waals surface area (Å²) >= 11 is 1.66. The quantitative estimate of drug-likeness (QED) is 0.863. The Morgan fingerprint density at radius 2 is 2.17 bits per heavy atom. The number of carbonyl (C=O) groups is 1. The van der Waals surface area contributed by atoms with Gasteiger partial charge < -0.3 is 19.9 Å². The molecule has 0 aromatic carbocycles. The molecular weight excluding hydrogens is 326 g/mol. The van der Waals surface area contributed by atoms with Gasteiger partial charge in [-0.15, -0.1) is 11.3 Å². The summed E-state index contributed by atoms with van der Waals surface area (Å²) < 4.78 is 6.71. The molecule has 4 rings (SSSR count). The zero-order valence-electron chi connectivity index (χ0n) is 13.6. The Morgan fingerprint density at radius 1 is 1.33 bits per heavy atom. The van der Waals surface area contributed by atoms with Crippen LogP contribution in [0.5, 0.6) is 0 Å². The Morgan fingerprint density at radius 3 is 2.96 bits per heavy atom. The van der Waals surface area contributed by atoms with E-state index in [0.29, 0.717) is 19.7 Å². The minimum Gasteiger partial charge on any atom is -0.375 e. The average Bonchev–Trinajstić information content (AvgIpc) is 3.10. The lowest BCUT2D eigenvalue weighted by Crippen LogP contribution is -2.59. The molecule has 2 saturated heterocycles. The number of thiophene rings is 1. The third kappa shape index (κ3) is 2.85. The number of morpholine rings is 1. The van der Waals surface area contributed by atoms with E-state index >= 15 is 0 Å². The van der Waals surface area contributed by atoms with E-state index in [0.717, 1.165) is 35.7 Å². The van der Waals surface area contributed by atoms with Crippen LogP contribution in [-0.4, -0.2) is 72.3 Å². The van der Waals surface area contributed by atoms with Crippen LogP contribution in [0.3, 0.4) is 0 Å². The number of nitrogens with one attached hydrogen (secondary N) is 1. The highest BCUT2D eigenvalue weighted by molar-refractivity contribution is 7.17. The fraction of sp³-hybridized carbons (Fsp3) is 0.562. The van der Waals surface area contributed by atoms with Gasteiger partial charge >= 0.3 is 0 Å². The van der Waals surface area contributed by atoms with E-state index in [1.807, 2.05) is 23.3 Å². The minimum absolute atomic E-state index is 0.0723. The SMILES string of the molecule is C[C@H]1OCCN[C@@H]1C(=O)N1CCN(c2ncnc3ccsc23)CC1. The number of anilines is 1. The average molecular weight is 347 g/mol. The molecule has 2 fully saturated rings. The maximum Gasteiger partial charge on any atom is 0.242 e. The van der Waals surface area contributed by atoms with Gasteiger partial charge in [-0.2, -0.15) is 0 Å². The van der Waals surface area contributed by atoms with Crippen LogP contribution in [0.15, 0.2) is 17.8 Å². The summed E-state index contributed by atoms with van der Waals surface area (Å²) in [4.78, 5) is 25.7. The number of aromatic nitrogens is 2. The van der Waals surface area contributed by atoms with Crippen molar-refractivity contribution < 1.29 is 9.53 Å². The Hall–Kier alpha value is -1.77. The lowest BCUT2D eigenvalue weighted by Gasteiger charge is -2.39. The molecule has 0 spiro atoms. The fourth-order valence-corrected chi connectivity index (χ4v) is 4.21. The van der Waals surface area contributed by atoms with Crippen LogP contribution in [0, 0.1) is 0 Å². The molecule has 128 valence electrons. The summed E-state index contributed by atoms with van der Waals surface area (Å²) in [5, 5.41) is 5.32. The highest BCUT2D eigenvalue weighted by Gasteiger charge is 2.33. The van der Waals surface area contributed by atoms with Gasteiger partial charge in [0.15, 0.2) is 0 Å². The second-order valence-corrected chi connectivity index (χ2v) is 7.07. The summed E-state index contributed by atoms with van der Waals surface area (Å²) in [5.74, 6) is 1.13. The third-order valence-corrected chi connectivity index (χ3v) is 5.60. The van der Waals surface area contributed by atoms with Crippen molar-refractivity contribution >= 4 is 33.3 Å². The molecule has 2 aromatic heterocycles. The molecule has 2 atom stereocenters. The molecule has 0 unspecified atom stereocenters. The van der Waals surface area contributed by atoms with Crippen molar-refractivity contribution in [3.8, 4) is 0 Å². The standard InChI is InChI=1S/C16H21N5O2S/c1-11-13(17-3-8-23-11)16(22)21-6-4-20(5-7-21)15-14-12(2-9-24-14)18-10-19-15/h2,9-11,13,17H,3-8H2,1H3/t11-,13+/m1/s1. The van der Waals surface area contributed by atoms with Crippen LogP contribution in [0.25, 0.3) is 10.2 Å². The monoisotopic (exact) mass is 347 g/mol. The maximum absolute atomic E-state index is 12.7. The van der Waals surface area contributed by atoms with E-state index in [-0.39, 0.29) is 18.1 Å². The number of carbonyl (C=O) groups excluding carboxylic acids is 1. The van der Waals surface area contributed by atoms with Crippen molar-refractivity contribution in [1.29, 1.82) is 0 Å². The number of ether oxygens (including phenoxy) is 1. The van der Waals surface area contributed by atoms with Crippen molar-refractivity contribution in [1.82, 2.24) is 20.2 Å². The van der Waals surface area contributed by atoms with Crippen LogP contribution in [0.2, 0.25) is 0 Å². The first-order valence-corrected chi connectivity index (χ1v) is 9.19. The van der Waals surface area contributed by atoms with Crippen molar-refractivity contribution in [3.05, 3.63) is 17.8 Å². The van der Waals surface area contributed by atoms with Gasteiger partial charge in [-0.25, -0.2) is 9.97 Å². The molecule has 1 amide bonds. The van der Waals surface area contributed by atoms with Crippen LogP contribution < -0.4 is 10.2 Å². The molecule has 24 heavy (non-hydrogen) atoms. The largest absolute Gasteiger partial charge is 0.375 e. The van der Waals surface area contributed by atoms with Gasteiger partial charge in [0, 0.05) is 32.7 Å². The molecule has 4 heterocycles. The number of hydrogen-bond acceptors (Lipinski definition) is 7. The minimum atomic E-state index is -0.228. The van der Waals surface area contributed by atoms with Crippen LogP contribution in [-0.2, 0) is 9.53 Å². The normalized spacial score (nSPS) is 25.2. The predicted octanol–water partition coefficient (Wildman–Crippen LogP) is 0.717. The Kier molecular flexibility index (Phi) is 4.34. The zero-order chi connectivity index (χ0) is 16.5. The molecule has 2 aliphatic rings. The number of piperazine rings is 1. The Bertz CT molecular complexity index is 728. The summed E-state index contributed by atoms with van der Waals surface area (Å²) in [6.07, 6.45) is 1.55. The Balaban J connectivity index is 1.43. The van der Waals surface area contributed by atoms with Gasteiger partial charge in [0.2, 0.25) is 5.91 Å². The molecular formula is C16H21N5O2S. The van der Waals surface area contributed by atoms with Gasteiger partial charge in [-0.3, -0.25) is 4.79 Å². The van der Waals surface area contributed by atoms with Crippen molar-refractivity contribution in [2.24, 2.45) is 0 Å². The highest BCUT2D eigenvalue weighted by Crippen LogP contribution is 2.28. The molecule has 2 aromatic rings. The topological polar surface area (TPSA) is 70.6 Å². The first kappa shape index (κ1) is 15.7. The van der Waals surface area contributed by atoms with Crippen LogP contribution in [0.4, 0.5) is 5.82 Å². The van der Waals surface area contributed by atoms with Gasteiger partial charge in [0.05, 0.1) is 22.9 Å². The van der Waals surface area contributed by atoms with Crippen molar-refractivity contribution in [2.45, 2.75) is 19.1 Å². The molecule has 8 heteroatoms. The van der Waals surface area contributed by atoms with Crippen LogP contribution >= 0.6 is 11.3 Å². The molecule has 0 bridgehead atoms. The molecule has 0 radical (unpaired) electrons. The number of nitrogens with zero attached hydrogens (tertiary/aromatic N) is 4. The lowest BCUT2D eigenvalue weighted by molar-refractivity contribution is -0.139. The fourth-order valence-electron chi connectivity index (χ4n) is 3.35. The van der Waals surface area contributed by atoms with Gasteiger partial charge in [0.1, 0.15) is 18.2 Å². The maximum atomic E-state index is 12.7. The summed E-state index contributed by atoms with van der Waals surface area (Å²) in [6.45, 7) is 6.36. The second kappa shape index (κ2) is 6.62. The summed E-state index contributed by atoms with van der Waals surface area (Å²) in [7, 11) is 0. The smallest absolute Gasteiger partial charge is 0.242 e. The first-order chi connectivity index (χ1) is 11.7.